The first kappa shape index (κ1) is 13.3. The molecule has 1 amide bonds. The molecule has 3 fully saturated rings. The Morgan fingerprint density at radius 3 is 2.95 bits per heavy atom. The highest BCUT2D eigenvalue weighted by Crippen LogP contribution is 2.60. The zero-order chi connectivity index (χ0) is 14.7. The van der Waals surface area contributed by atoms with Gasteiger partial charge in [-0.25, -0.2) is 0 Å². The van der Waals surface area contributed by atoms with Crippen molar-refractivity contribution in [3.63, 3.8) is 0 Å². The number of benzene rings is 1. The number of esters is 1. The van der Waals surface area contributed by atoms with Crippen LogP contribution in [0.25, 0.3) is 0 Å². The third-order valence-corrected chi connectivity index (χ3v) is 6.31. The summed E-state index contributed by atoms with van der Waals surface area (Å²) in [5.74, 6) is -0.371. The molecule has 3 aliphatic rings. The standard InChI is InChI=1S/C16H16BrNO3/c1-7-3-2-4-8(5-7)18-15(19)11-9-6-10-12(11)16(20)21-14(10)13(9)17/h2-5,9-14H,6H2,1H3,(H,18,19)/t9-,10-,11-,12-,13-,14+/m1/s1. The fourth-order valence-electron chi connectivity index (χ4n) is 4.28. The molecule has 2 aliphatic carbocycles. The number of ether oxygens (including phenoxy) is 1. The number of alkyl halides is 1. The van der Waals surface area contributed by atoms with E-state index in [1.54, 1.807) is 0 Å². The molecular formula is C16H16BrNO3. The summed E-state index contributed by atoms with van der Waals surface area (Å²) in [6.45, 7) is 1.99. The number of aryl methyl sites for hydroxylation is 1. The number of rotatable bonds is 2. The maximum Gasteiger partial charge on any atom is 0.310 e. The van der Waals surface area contributed by atoms with E-state index in [1.165, 1.54) is 0 Å². The van der Waals surface area contributed by atoms with Crippen LogP contribution in [0.1, 0.15) is 12.0 Å². The molecule has 1 saturated heterocycles. The summed E-state index contributed by atoms with van der Waals surface area (Å²) in [5, 5.41) is 2.97. The Morgan fingerprint density at radius 1 is 1.38 bits per heavy atom. The first-order valence-corrected chi connectivity index (χ1v) is 8.20. The largest absolute Gasteiger partial charge is 0.461 e. The van der Waals surface area contributed by atoms with Gasteiger partial charge in [0.1, 0.15) is 6.10 Å². The van der Waals surface area contributed by atoms with E-state index >= 15 is 0 Å². The first-order chi connectivity index (χ1) is 10.1. The predicted octanol–water partition coefficient (Wildman–Crippen LogP) is 2.50. The smallest absolute Gasteiger partial charge is 0.310 e. The summed E-state index contributed by atoms with van der Waals surface area (Å²) in [7, 11) is 0. The molecule has 5 heteroatoms. The molecule has 4 rings (SSSR count). The third-order valence-electron chi connectivity index (χ3n) is 5.11. The lowest BCUT2D eigenvalue weighted by Gasteiger charge is -2.27. The van der Waals surface area contributed by atoms with Crippen molar-refractivity contribution in [1.29, 1.82) is 0 Å². The topological polar surface area (TPSA) is 55.4 Å². The fraction of sp³-hybridized carbons (Fsp3) is 0.500. The summed E-state index contributed by atoms with van der Waals surface area (Å²) < 4.78 is 5.44. The number of nitrogens with one attached hydrogen (secondary N) is 1. The lowest BCUT2D eigenvalue weighted by Crippen LogP contribution is -2.40. The SMILES string of the molecule is Cc1cccc(NC(=O)[C@@H]2[C@H]3C[C@H]4[C@H](OC(=O)[C@H]42)[C@@H]3Br)c1. The Hall–Kier alpha value is -1.36. The van der Waals surface area contributed by atoms with Crippen LogP contribution in [0.3, 0.4) is 0 Å². The molecule has 1 aromatic carbocycles. The quantitative estimate of drug-likeness (QED) is 0.659. The van der Waals surface area contributed by atoms with Crippen molar-refractivity contribution in [3.8, 4) is 0 Å². The van der Waals surface area contributed by atoms with Crippen LogP contribution in [0.4, 0.5) is 5.69 Å². The van der Waals surface area contributed by atoms with Gasteiger partial charge in [0, 0.05) is 11.6 Å². The highest BCUT2D eigenvalue weighted by atomic mass is 79.9. The molecule has 2 bridgehead atoms. The Labute approximate surface area is 131 Å². The third kappa shape index (κ3) is 1.86. The number of carbonyl (C=O) groups excluding carboxylic acids is 2. The van der Waals surface area contributed by atoms with Crippen molar-refractivity contribution >= 4 is 33.5 Å². The van der Waals surface area contributed by atoms with Crippen LogP contribution in [0.2, 0.25) is 0 Å². The van der Waals surface area contributed by atoms with Crippen LogP contribution >= 0.6 is 15.9 Å². The van der Waals surface area contributed by atoms with Crippen molar-refractivity contribution in [1.82, 2.24) is 0 Å². The molecule has 110 valence electrons. The van der Waals surface area contributed by atoms with E-state index in [2.05, 4.69) is 21.2 Å². The number of carbonyl (C=O) groups is 2. The number of anilines is 1. The maximum absolute atomic E-state index is 12.7. The van der Waals surface area contributed by atoms with E-state index in [-0.39, 0.29) is 46.5 Å². The van der Waals surface area contributed by atoms with Gasteiger partial charge in [0.05, 0.1) is 16.7 Å². The van der Waals surface area contributed by atoms with E-state index in [0.717, 1.165) is 17.7 Å². The Kier molecular flexibility index (Phi) is 2.89. The summed E-state index contributed by atoms with van der Waals surface area (Å²) in [4.78, 5) is 24.8. The zero-order valence-electron chi connectivity index (χ0n) is 11.6. The second kappa shape index (κ2) is 4.57. The number of fused-ring (bicyclic) bond motifs is 1. The van der Waals surface area contributed by atoms with Crippen LogP contribution in [0, 0.1) is 30.6 Å². The van der Waals surface area contributed by atoms with Crippen LogP contribution in [0.5, 0.6) is 0 Å². The van der Waals surface area contributed by atoms with Gasteiger partial charge in [0.15, 0.2) is 0 Å². The van der Waals surface area contributed by atoms with Crippen molar-refractivity contribution in [2.24, 2.45) is 23.7 Å². The normalized spacial score (nSPS) is 39.4. The van der Waals surface area contributed by atoms with Gasteiger partial charge in [-0.2, -0.15) is 0 Å². The van der Waals surface area contributed by atoms with Gasteiger partial charge >= 0.3 is 5.97 Å². The molecule has 0 spiro atoms. The Balaban J connectivity index is 1.59. The van der Waals surface area contributed by atoms with Crippen LogP contribution in [-0.2, 0) is 14.3 Å². The van der Waals surface area contributed by atoms with Crippen molar-refractivity contribution in [2.45, 2.75) is 24.3 Å². The highest BCUT2D eigenvalue weighted by molar-refractivity contribution is 9.09. The lowest BCUT2D eigenvalue weighted by molar-refractivity contribution is -0.145. The highest BCUT2D eigenvalue weighted by Gasteiger charge is 2.67. The summed E-state index contributed by atoms with van der Waals surface area (Å²) in [6, 6.07) is 7.71. The average Bonchev–Trinajstić information content (AvgIpc) is 3.02. The zero-order valence-corrected chi connectivity index (χ0v) is 13.2. The number of halogens is 1. The number of amides is 1. The van der Waals surface area contributed by atoms with E-state index in [1.807, 2.05) is 31.2 Å². The molecule has 1 aliphatic heterocycles. The van der Waals surface area contributed by atoms with E-state index in [4.69, 9.17) is 4.74 Å². The van der Waals surface area contributed by atoms with Gasteiger partial charge in [-0.1, -0.05) is 28.1 Å². The van der Waals surface area contributed by atoms with Crippen LogP contribution < -0.4 is 5.32 Å². The predicted molar refractivity (Wildman–Crippen MR) is 81.0 cm³/mol. The molecule has 0 aromatic heterocycles. The molecule has 0 radical (unpaired) electrons. The van der Waals surface area contributed by atoms with Gasteiger partial charge in [0.2, 0.25) is 5.91 Å². The second-order valence-corrected chi connectivity index (χ2v) is 7.38. The number of hydrogen-bond donors (Lipinski definition) is 1. The average molecular weight is 350 g/mol. The fourth-order valence-corrected chi connectivity index (χ4v) is 5.32. The van der Waals surface area contributed by atoms with E-state index < -0.39 is 0 Å². The maximum atomic E-state index is 12.7. The minimum Gasteiger partial charge on any atom is -0.461 e. The molecule has 6 atom stereocenters. The minimum atomic E-state index is -0.272. The Bertz CT molecular complexity index is 632. The number of hydrogen-bond acceptors (Lipinski definition) is 3. The molecule has 0 unspecified atom stereocenters. The first-order valence-electron chi connectivity index (χ1n) is 7.28. The Morgan fingerprint density at radius 2 is 2.19 bits per heavy atom. The van der Waals surface area contributed by atoms with Gasteiger partial charge in [0.25, 0.3) is 0 Å². The van der Waals surface area contributed by atoms with Crippen LogP contribution in [0.15, 0.2) is 24.3 Å². The molecule has 1 aromatic rings. The molecule has 1 N–H and O–H groups in total. The summed E-state index contributed by atoms with van der Waals surface area (Å²) in [5.41, 5.74) is 1.89. The monoisotopic (exact) mass is 349 g/mol. The molecular weight excluding hydrogens is 334 g/mol. The molecule has 4 nitrogen and oxygen atoms in total. The van der Waals surface area contributed by atoms with Gasteiger partial charge in [-0.15, -0.1) is 0 Å². The lowest BCUT2D eigenvalue weighted by atomic mass is 9.79. The minimum absolute atomic E-state index is 0.0319. The van der Waals surface area contributed by atoms with Gasteiger partial charge in [-0.05, 0) is 37.0 Å². The summed E-state index contributed by atoms with van der Waals surface area (Å²) >= 11 is 3.62. The second-order valence-electron chi connectivity index (χ2n) is 6.32. The van der Waals surface area contributed by atoms with E-state index in [9.17, 15) is 9.59 Å². The van der Waals surface area contributed by atoms with Crippen LogP contribution in [-0.4, -0.2) is 22.8 Å². The molecule has 21 heavy (non-hydrogen) atoms. The van der Waals surface area contributed by atoms with Gasteiger partial charge in [-0.3, -0.25) is 9.59 Å². The van der Waals surface area contributed by atoms with Crippen molar-refractivity contribution in [3.05, 3.63) is 29.8 Å². The summed E-state index contributed by atoms with van der Waals surface area (Å²) in [6.07, 6.45) is 0.874. The van der Waals surface area contributed by atoms with Crippen molar-refractivity contribution < 1.29 is 14.3 Å². The molecule has 1 heterocycles. The van der Waals surface area contributed by atoms with Crippen molar-refractivity contribution in [2.75, 3.05) is 5.32 Å². The molecule has 2 saturated carbocycles. The van der Waals surface area contributed by atoms with Gasteiger partial charge < -0.3 is 10.1 Å². The van der Waals surface area contributed by atoms with E-state index in [0.29, 0.717) is 0 Å².